The van der Waals surface area contributed by atoms with Gasteiger partial charge in [0.2, 0.25) is 5.91 Å². The highest BCUT2D eigenvalue weighted by Crippen LogP contribution is 2.26. The third kappa shape index (κ3) is 5.27. The molecule has 2 heterocycles. The molecule has 0 spiro atoms. The SMILES string of the molecule is Cc1ccc(Cc2sc(NC(=O)CN(C)C(=O)c3ccc(Br)s3)nc2C)cc1. The third-order valence-corrected chi connectivity index (χ3v) is 6.82. The van der Waals surface area contributed by atoms with Crippen LogP contribution in [0.25, 0.3) is 0 Å². The van der Waals surface area contributed by atoms with Gasteiger partial charge in [0, 0.05) is 18.3 Å². The van der Waals surface area contributed by atoms with Crippen molar-refractivity contribution in [3.05, 3.63) is 66.8 Å². The Labute approximate surface area is 180 Å². The number of hydrogen-bond donors (Lipinski definition) is 1. The van der Waals surface area contributed by atoms with Crippen LogP contribution in [0, 0.1) is 13.8 Å². The van der Waals surface area contributed by atoms with E-state index in [1.54, 1.807) is 13.1 Å². The first-order valence-corrected chi connectivity index (χ1v) is 11.1. The summed E-state index contributed by atoms with van der Waals surface area (Å²) in [4.78, 5) is 32.3. The highest BCUT2D eigenvalue weighted by molar-refractivity contribution is 9.11. The van der Waals surface area contributed by atoms with Gasteiger partial charge in [-0.2, -0.15) is 0 Å². The van der Waals surface area contributed by atoms with E-state index in [-0.39, 0.29) is 18.4 Å². The smallest absolute Gasteiger partial charge is 0.264 e. The number of halogens is 1. The normalized spacial score (nSPS) is 10.7. The van der Waals surface area contributed by atoms with Crippen molar-refractivity contribution in [2.75, 3.05) is 18.9 Å². The summed E-state index contributed by atoms with van der Waals surface area (Å²) in [7, 11) is 1.62. The number of likely N-dealkylation sites (N-methyl/N-ethyl adjacent to an activating group) is 1. The molecule has 0 unspecified atom stereocenters. The van der Waals surface area contributed by atoms with Gasteiger partial charge in [-0.3, -0.25) is 9.59 Å². The first-order valence-electron chi connectivity index (χ1n) is 8.64. The van der Waals surface area contributed by atoms with Crippen molar-refractivity contribution < 1.29 is 9.59 Å². The Morgan fingerprint density at radius 1 is 1.11 bits per heavy atom. The first-order chi connectivity index (χ1) is 13.3. The summed E-state index contributed by atoms with van der Waals surface area (Å²) >= 11 is 6.16. The number of aromatic nitrogens is 1. The Balaban J connectivity index is 1.59. The predicted molar refractivity (Wildman–Crippen MR) is 118 cm³/mol. The number of thiazole rings is 1. The average Bonchev–Trinajstić information content (AvgIpc) is 3.22. The third-order valence-electron chi connectivity index (χ3n) is 4.14. The summed E-state index contributed by atoms with van der Waals surface area (Å²) < 4.78 is 0.882. The molecule has 2 amide bonds. The van der Waals surface area contributed by atoms with Crippen LogP contribution in [0.2, 0.25) is 0 Å². The Kier molecular flexibility index (Phi) is 6.64. The van der Waals surface area contributed by atoms with Crippen LogP contribution in [-0.4, -0.2) is 35.3 Å². The fourth-order valence-electron chi connectivity index (χ4n) is 2.60. The summed E-state index contributed by atoms with van der Waals surface area (Å²) in [6.45, 7) is 3.98. The summed E-state index contributed by atoms with van der Waals surface area (Å²) in [6.07, 6.45) is 0.783. The molecular formula is C20H20BrN3O2S2. The molecule has 0 atom stereocenters. The summed E-state index contributed by atoms with van der Waals surface area (Å²) in [5, 5.41) is 3.37. The van der Waals surface area contributed by atoms with Gasteiger partial charge in [-0.05, 0) is 47.5 Å². The number of anilines is 1. The van der Waals surface area contributed by atoms with Crippen molar-refractivity contribution in [3.63, 3.8) is 0 Å². The number of rotatable bonds is 6. The molecule has 3 aromatic rings. The number of hydrogen-bond acceptors (Lipinski definition) is 5. The van der Waals surface area contributed by atoms with Crippen molar-refractivity contribution >= 4 is 55.5 Å². The fraction of sp³-hybridized carbons (Fsp3) is 0.250. The molecule has 3 rings (SSSR count). The standard InChI is InChI=1S/C20H20BrN3O2S2/c1-12-4-6-14(7-5-12)10-16-13(2)22-20(28-16)23-18(25)11-24(3)19(26)15-8-9-17(21)27-15/h4-9H,10-11H2,1-3H3,(H,22,23,25). The topological polar surface area (TPSA) is 62.3 Å². The van der Waals surface area contributed by atoms with E-state index in [1.807, 2.05) is 13.0 Å². The minimum absolute atomic E-state index is 0.0275. The number of thiophene rings is 1. The van der Waals surface area contributed by atoms with Crippen LogP contribution in [0.4, 0.5) is 5.13 Å². The van der Waals surface area contributed by atoms with E-state index >= 15 is 0 Å². The molecule has 1 N–H and O–H groups in total. The van der Waals surface area contributed by atoms with E-state index in [1.165, 1.54) is 38.7 Å². The maximum Gasteiger partial charge on any atom is 0.264 e. The van der Waals surface area contributed by atoms with Crippen LogP contribution in [0.3, 0.4) is 0 Å². The van der Waals surface area contributed by atoms with Gasteiger partial charge in [-0.25, -0.2) is 4.98 Å². The maximum atomic E-state index is 12.4. The minimum atomic E-state index is -0.262. The molecule has 0 fully saturated rings. The molecule has 0 aliphatic heterocycles. The molecule has 0 aliphatic rings. The van der Waals surface area contributed by atoms with Crippen molar-refractivity contribution in [1.29, 1.82) is 0 Å². The van der Waals surface area contributed by atoms with E-state index in [4.69, 9.17) is 0 Å². The molecule has 0 bridgehead atoms. The van der Waals surface area contributed by atoms with Crippen LogP contribution >= 0.6 is 38.6 Å². The first kappa shape index (κ1) is 20.7. The van der Waals surface area contributed by atoms with Crippen LogP contribution in [0.5, 0.6) is 0 Å². The van der Waals surface area contributed by atoms with E-state index in [0.29, 0.717) is 10.0 Å². The highest BCUT2D eigenvalue weighted by Gasteiger charge is 2.18. The second kappa shape index (κ2) is 8.98. The number of carbonyl (C=O) groups is 2. The summed E-state index contributed by atoms with van der Waals surface area (Å²) in [5.74, 6) is -0.441. The van der Waals surface area contributed by atoms with Gasteiger partial charge >= 0.3 is 0 Å². The zero-order valence-electron chi connectivity index (χ0n) is 15.8. The van der Waals surface area contributed by atoms with Gasteiger partial charge in [-0.1, -0.05) is 29.8 Å². The van der Waals surface area contributed by atoms with Gasteiger partial charge in [0.05, 0.1) is 20.9 Å². The number of benzene rings is 1. The summed E-state index contributed by atoms with van der Waals surface area (Å²) in [6, 6.07) is 12.0. The van der Waals surface area contributed by atoms with Crippen molar-refractivity contribution in [3.8, 4) is 0 Å². The quantitative estimate of drug-likeness (QED) is 0.549. The monoisotopic (exact) mass is 477 g/mol. The lowest BCUT2D eigenvalue weighted by Gasteiger charge is -2.15. The predicted octanol–water partition coefficient (Wildman–Crippen LogP) is 4.89. The lowest BCUT2D eigenvalue weighted by atomic mass is 10.1. The lowest BCUT2D eigenvalue weighted by molar-refractivity contribution is -0.116. The van der Waals surface area contributed by atoms with Crippen molar-refractivity contribution in [2.24, 2.45) is 0 Å². The van der Waals surface area contributed by atoms with Crippen molar-refractivity contribution in [2.45, 2.75) is 20.3 Å². The van der Waals surface area contributed by atoms with Gasteiger partial charge < -0.3 is 10.2 Å². The molecule has 146 valence electrons. The van der Waals surface area contributed by atoms with E-state index in [0.717, 1.165) is 20.8 Å². The molecule has 0 aliphatic carbocycles. The van der Waals surface area contributed by atoms with Crippen molar-refractivity contribution in [1.82, 2.24) is 9.88 Å². The van der Waals surface area contributed by atoms with E-state index < -0.39 is 0 Å². The average molecular weight is 478 g/mol. The molecular weight excluding hydrogens is 458 g/mol. The van der Waals surface area contributed by atoms with E-state index in [2.05, 4.69) is 57.4 Å². The number of amides is 2. The number of nitrogens with one attached hydrogen (secondary N) is 1. The second-order valence-electron chi connectivity index (χ2n) is 6.50. The molecule has 0 saturated carbocycles. The van der Waals surface area contributed by atoms with Gasteiger partial charge in [0.15, 0.2) is 5.13 Å². The van der Waals surface area contributed by atoms with Crippen LogP contribution < -0.4 is 5.32 Å². The maximum absolute atomic E-state index is 12.4. The van der Waals surface area contributed by atoms with Gasteiger partial charge in [0.1, 0.15) is 0 Å². The second-order valence-corrected chi connectivity index (χ2v) is 10.0. The van der Waals surface area contributed by atoms with Crippen LogP contribution in [-0.2, 0) is 11.2 Å². The zero-order valence-corrected chi connectivity index (χ0v) is 19.0. The Hall–Kier alpha value is -2.03. The fourth-order valence-corrected chi connectivity index (χ4v) is 4.99. The Morgan fingerprint density at radius 3 is 2.46 bits per heavy atom. The molecule has 1 aromatic carbocycles. The molecule has 0 radical (unpaired) electrons. The van der Waals surface area contributed by atoms with E-state index in [9.17, 15) is 9.59 Å². The van der Waals surface area contributed by atoms with Gasteiger partial charge in [0.25, 0.3) is 5.91 Å². The zero-order chi connectivity index (χ0) is 20.3. The molecule has 2 aromatic heterocycles. The molecule has 5 nitrogen and oxygen atoms in total. The Morgan fingerprint density at radius 2 is 1.82 bits per heavy atom. The van der Waals surface area contributed by atoms with Crippen LogP contribution in [0.15, 0.2) is 40.2 Å². The Bertz CT molecular complexity index is 995. The summed E-state index contributed by atoms with van der Waals surface area (Å²) in [5.41, 5.74) is 3.35. The highest BCUT2D eigenvalue weighted by atomic mass is 79.9. The van der Waals surface area contributed by atoms with Gasteiger partial charge in [-0.15, -0.1) is 22.7 Å². The largest absolute Gasteiger partial charge is 0.332 e. The number of nitrogens with zero attached hydrogens (tertiary/aromatic N) is 2. The van der Waals surface area contributed by atoms with Crippen LogP contribution in [0.1, 0.15) is 31.4 Å². The molecule has 8 heteroatoms. The number of aryl methyl sites for hydroxylation is 2. The number of carbonyl (C=O) groups excluding carboxylic acids is 2. The molecule has 0 saturated heterocycles. The molecule has 28 heavy (non-hydrogen) atoms. The minimum Gasteiger partial charge on any atom is -0.332 e. The lowest BCUT2D eigenvalue weighted by Crippen LogP contribution is -2.34.